The Morgan fingerprint density at radius 3 is 2.43 bits per heavy atom. The fourth-order valence-electron chi connectivity index (χ4n) is 1.89. The second-order valence-corrected chi connectivity index (χ2v) is 5.66. The van der Waals surface area contributed by atoms with Gasteiger partial charge in [0.25, 0.3) is 5.91 Å². The molecule has 1 aromatic heterocycles. The van der Waals surface area contributed by atoms with Gasteiger partial charge in [0.05, 0.1) is 0 Å². The van der Waals surface area contributed by atoms with Crippen LogP contribution in [0.25, 0.3) is 0 Å². The number of aromatic nitrogens is 2. The molecular formula is C15H18N4OS. The highest BCUT2D eigenvalue weighted by Gasteiger charge is 2.11. The third-order valence-corrected chi connectivity index (χ3v) is 4.26. The minimum Gasteiger partial charge on any atom is -0.290 e. The molecule has 1 heterocycles. The summed E-state index contributed by atoms with van der Waals surface area (Å²) < 4.78 is 0. The van der Waals surface area contributed by atoms with Crippen LogP contribution < -0.4 is 11.3 Å². The standard InChI is InChI=1S/C15H18N4OS/c1-9-10(2)17-15(18-11(9)3)21-8-12-6-4-5-7-13(12)14(20)19-16/h4-7H,8,16H2,1-3H3,(H,19,20). The molecule has 110 valence electrons. The number of rotatable bonds is 4. The largest absolute Gasteiger partial charge is 0.290 e. The van der Waals surface area contributed by atoms with E-state index in [9.17, 15) is 4.79 Å². The van der Waals surface area contributed by atoms with Crippen molar-refractivity contribution >= 4 is 17.7 Å². The molecule has 2 aromatic rings. The van der Waals surface area contributed by atoms with Crippen molar-refractivity contribution in [1.82, 2.24) is 15.4 Å². The van der Waals surface area contributed by atoms with Crippen LogP contribution in [0.5, 0.6) is 0 Å². The molecule has 1 amide bonds. The van der Waals surface area contributed by atoms with Gasteiger partial charge < -0.3 is 0 Å². The van der Waals surface area contributed by atoms with E-state index >= 15 is 0 Å². The van der Waals surface area contributed by atoms with E-state index in [1.807, 2.05) is 39.0 Å². The lowest BCUT2D eigenvalue weighted by atomic mass is 10.1. The van der Waals surface area contributed by atoms with Gasteiger partial charge in [0.2, 0.25) is 0 Å². The molecule has 5 nitrogen and oxygen atoms in total. The van der Waals surface area contributed by atoms with Crippen LogP contribution in [-0.4, -0.2) is 15.9 Å². The number of hydrazine groups is 1. The summed E-state index contributed by atoms with van der Waals surface area (Å²) in [5, 5.41) is 0.721. The predicted octanol–water partition coefficient (Wildman–Crippen LogP) is 2.30. The first-order valence-corrected chi connectivity index (χ1v) is 7.55. The van der Waals surface area contributed by atoms with Crippen LogP contribution in [0.3, 0.4) is 0 Å². The zero-order valence-corrected chi connectivity index (χ0v) is 13.1. The lowest BCUT2D eigenvalue weighted by molar-refractivity contribution is 0.0953. The Hall–Kier alpha value is -1.92. The van der Waals surface area contributed by atoms with E-state index in [0.717, 1.165) is 27.7 Å². The number of benzene rings is 1. The highest BCUT2D eigenvalue weighted by Crippen LogP contribution is 2.23. The van der Waals surface area contributed by atoms with Crippen molar-refractivity contribution < 1.29 is 4.79 Å². The van der Waals surface area contributed by atoms with Crippen LogP contribution in [0.15, 0.2) is 29.4 Å². The van der Waals surface area contributed by atoms with E-state index in [1.165, 1.54) is 11.8 Å². The Balaban J connectivity index is 2.19. The molecule has 3 N–H and O–H groups in total. The summed E-state index contributed by atoms with van der Waals surface area (Å²) in [6.07, 6.45) is 0. The van der Waals surface area contributed by atoms with E-state index in [0.29, 0.717) is 11.3 Å². The topological polar surface area (TPSA) is 80.9 Å². The van der Waals surface area contributed by atoms with Crippen LogP contribution in [0, 0.1) is 20.8 Å². The van der Waals surface area contributed by atoms with Crippen molar-refractivity contribution in [1.29, 1.82) is 0 Å². The van der Waals surface area contributed by atoms with Gasteiger partial charge in [-0.1, -0.05) is 30.0 Å². The first-order chi connectivity index (χ1) is 10.0. The summed E-state index contributed by atoms with van der Waals surface area (Å²) in [6.45, 7) is 5.97. The Bertz CT molecular complexity index is 649. The SMILES string of the molecule is Cc1nc(SCc2ccccc2C(=O)NN)nc(C)c1C. The Morgan fingerprint density at radius 1 is 1.19 bits per heavy atom. The number of nitrogen functional groups attached to an aromatic ring is 1. The fourth-order valence-corrected chi connectivity index (χ4v) is 2.83. The number of hydrogen-bond acceptors (Lipinski definition) is 5. The van der Waals surface area contributed by atoms with Crippen LogP contribution in [-0.2, 0) is 5.75 Å². The van der Waals surface area contributed by atoms with Crippen LogP contribution in [0.1, 0.15) is 32.9 Å². The van der Waals surface area contributed by atoms with Gasteiger partial charge in [0.15, 0.2) is 5.16 Å². The van der Waals surface area contributed by atoms with Gasteiger partial charge in [-0.15, -0.1) is 0 Å². The third kappa shape index (κ3) is 3.59. The molecule has 0 aliphatic heterocycles. The average Bonchev–Trinajstić information content (AvgIpc) is 2.50. The molecule has 1 aromatic carbocycles. The van der Waals surface area contributed by atoms with Crippen molar-refractivity contribution in [3.05, 3.63) is 52.3 Å². The maximum atomic E-state index is 11.7. The molecule has 0 saturated carbocycles. The van der Waals surface area contributed by atoms with Gasteiger partial charge in [0.1, 0.15) is 0 Å². The zero-order chi connectivity index (χ0) is 15.4. The minimum absolute atomic E-state index is 0.289. The van der Waals surface area contributed by atoms with E-state index < -0.39 is 0 Å². The number of nitrogens with one attached hydrogen (secondary N) is 1. The van der Waals surface area contributed by atoms with Gasteiger partial charge in [-0.3, -0.25) is 10.2 Å². The molecule has 0 aliphatic carbocycles. The maximum Gasteiger partial charge on any atom is 0.265 e. The molecule has 0 aliphatic rings. The smallest absolute Gasteiger partial charge is 0.265 e. The first kappa shape index (κ1) is 15.5. The molecular weight excluding hydrogens is 284 g/mol. The molecule has 0 bridgehead atoms. The van der Waals surface area contributed by atoms with Gasteiger partial charge in [-0.2, -0.15) is 0 Å². The van der Waals surface area contributed by atoms with E-state index in [1.54, 1.807) is 6.07 Å². The number of nitrogens with two attached hydrogens (primary N) is 1. The number of hydrogen-bond donors (Lipinski definition) is 2. The van der Waals surface area contributed by atoms with Gasteiger partial charge in [0, 0.05) is 22.7 Å². The van der Waals surface area contributed by atoms with Crippen LogP contribution in [0.4, 0.5) is 0 Å². The van der Waals surface area contributed by atoms with E-state index in [2.05, 4.69) is 15.4 Å². The number of carbonyl (C=O) groups excluding carboxylic acids is 1. The summed E-state index contributed by atoms with van der Waals surface area (Å²) in [4.78, 5) is 20.7. The molecule has 0 spiro atoms. The van der Waals surface area contributed by atoms with Crippen LogP contribution >= 0.6 is 11.8 Å². The number of nitrogens with zero attached hydrogens (tertiary/aromatic N) is 2. The molecule has 2 rings (SSSR count). The molecule has 0 unspecified atom stereocenters. The number of aryl methyl sites for hydroxylation is 2. The Morgan fingerprint density at radius 2 is 1.81 bits per heavy atom. The maximum absolute atomic E-state index is 11.7. The van der Waals surface area contributed by atoms with Crippen LogP contribution in [0.2, 0.25) is 0 Å². The molecule has 6 heteroatoms. The van der Waals surface area contributed by atoms with Crippen molar-refractivity contribution in [2.75, 3.05) is 0 Å². The second kappa shape index (κ2) is 6.69. The van der Waals surface area contributed by atoms with E-state index in [4.69, 9.17) is 5.84 Å². The fraction of sp³-hybridized carbons (Fsp3) is 0.267. The lowest BCUT2D eigenvalue weighted by Crippen LogP contribution is -2.30. The molecule has 0 saturated heterocycles. The monoisotopic (exact) mass is 302 g/mol. The summed E-state index contributed by atoms with van der Waals surface area (Å²) in [5.74, 6) is 5.53. The molecule has 0 atom stereocenters. The summed E-state index contributed by atoms with van der Waals surface area (Å²) in [6, 6.07) is 7.38. The number of amides is 1. The van der Waals surface area contributed by atoms with Gasteiger partial charge in [-0.25, -0.2) is 15.8 Å². The normalized spacial score (nSPS) is 10.5. The number of carbonyl (C=O) groups is 1. The predicted molar refractivity (Wildman–Crippen MR) is 83.9 cm³/mol. The molecule has 0 fully saturated rings. The third-order valence-electron chi connectivity index (χ3n) is 3.36. The van der Waals surface area contributed by atoms with Crippen molar-refractivity contribution in [2.45, 2.75) is 31.7 Å². The Kier molecular flexibility index (Phi) is 4.93. The minimum atomic E-state index is -0.289. The molecule has 21 heavy (non-hydrogen) atoms. The summed E-state index contributed by atoms with van der Waals surface area (Å²) in [7, 11) is 0. The highest BCUT2D eigenvalue weighted by atomic mass is 32.2. The molecule has 0 radical (unpaired) electrons. The van der Waals surface area contributed by atoms with Gasteiger partial charge >= 0.3 is 0 Å². The van der Waals surface area contributed by atoms with Crippen molar-refractivity contribution in [2.24, 2.45) is 5.84 Å². The Labute approximate surface area is 128 Å². The van der Waals surface area contributed by atoms with Crippen molar-refractivity contribution in [3.8, 4) is 0 Å². The lowest BCUT2D eigenvalue weighted by Gasteiger charge is -2.09. The average molecular weight is 302 g/mol. The number of thioether (sulfide) groups is 1. The van der Waals surface area contributed by atoms with E-state index in [-0.39, 0.29) is 5.91 Å². The van der Waals surface area contributed by atoms with Crippen molar-refractivity contribution in [3.63, 3.8) is 0 Å². The first-order valence-electron chi connectivity index (χ1n) is 6.56. The summed E-state index contributed by atoms with van der Waals surface area (Å²) >= 11 is 1.51. The zero-order valence-electron chi connectivity index (χ0n) is 12.3. The summed E-state index contributed by atoms with van der Waals surface area (Å²) in [5.41, 5.74) is 6.73. The highest BCUT2D eigenvalue weighted by molar-refractivity contribution is 7.98. The second-order valence-electron chi connectivity index (χ2n) is 4.72. The van der Waals surface area contributed by atoms with Gasteiger partial charge in [-0.05, 0) is 38.0 Å². The quantitative estimate of drug-likeness (QED) is 0.298.